The van der Waals surface area contributed by atoms with Crippen molar-refractivity contribution in [1.82, 2.24) is 5.43 Å². The number of nitrogens with two attached hydrogens (primary N) is 1. The molecule has 3 heteroatoms. The number of hydrogen-bond donors (Lipinski definition) is 2. The molecule has 0 amide bonds. The maximum absolute atomic E-state index is 5.81. The van der Waals surface area contributed by atoms with Crippen LogP contribution in [0.4, 0.5) is 0 Å². The highest BCUT2D eigenvalue weighted by atomic mass is 79.9. The van der Waals surface area contributed by atoms with E-state index >= 15 is 0 Å². The summed E-state index contributed by atoms with van der Waals surface area (Å²) in [4.78, 5) is 0. The van der Waals surface area contributed by atoms with Crippen molar-refractivity contribution >= 4 is 15.9 Å². The predicted molar refractivity (Wildman–Crippen MR) is 80.1 cm³/mol. The van der Waals surface area contributed by atoms with E-state index in [1.165, 1.54) is 54.1 Å². The minimum Gasteiger partial charge on any atom is -0.271 e. The Hall–Kier alpha value is -0.380. The van der Waals surface area contributed by atoms with Crippen LogP contribution in [0.15, 0.2) is 22.7 Å². The van der Waals surface area contributed by atoms with Gasteiger partial charge in [0.2, 0.25) is 0 Å². The first-order valence-electron chi connectivity index (χ1n) is 6.94. The number of hydrazine groups is 1. The zero-order valence-electron chi connectivity index (χ0n) is 11.1. The molecule has 2 rings (SSSR count). The molecule has 1 aliphatic rings. The summed E-state index contributed by atoms with van der Waals surface area (Å²) in [6.07, 6.45) is 8.05. The van der Waals surface area contributed by atoms with Gasteiger partial charge in [0, 0.05) is 10.5 Å². The average Bonchev–Trinajstić information content (AvgIpc) is 2.64. The first-order valence-corrected chi connectivity index (χ1v) is 7.74. The van der Waals surface area contributed by atoms with E-state index in [4.69, 9.17) is 5.84 Å². The Bertz CT molecular complexity index is 384. The Morgan fingerprint density at radius 2 is 1.89 bits per heavy atom. The summed E-state index contributed by atoms with van der Waals surface area (Å²) in [7, 11) is 0. The van der Waals surface area contributed by atoms with Crippen LogP contribution < -0.4 is 11.3 Å². The van der Waals surface area contributed by atoms with Crippen LogP contribution in [0.5, 0.6) is 0 Å². The van der Waals surface area contributed by atoms with Crippen molar-refractivity contribution in [2.75, 3.05) is 0 Å². The Morgan fingerprint density at radius 3 is 2.44 bits per heavy atom. The number of hydrogen-bond acceptors (Lipinski definition) is 2. The van der Waals surface area contributed by atoms with E-state index in [1.54, 1.807) is 0 Å². The Morgan fingerprint density at radius 1 is 1.22 bits per heavy atom. The van der Waals surface area contributed by atoms with Crippen LogP contribution in [0.2, 0.25) is 0 Å². The lowest BCUT2D eigenvalue weighted by Gasteiger charge is -2.26. The van der Waals surface area contributed by atoms with Crippen molar-refractivity contribution in [1.29, 1.82) is 0 Å². The number of nitrogens with one attached hydrogen (secondary N) is 1. The summed E-state index contributed by atoms with van der Waals surface area (Å²) in [6, 6.07) is 6.87. The molecule has 1 fully saturated rings. The number of rotatable bonds is 3. The molecule has 1 aromatic rings. The molecule has 0 spiro atoms. The van der Waals surface area contributed by atoms with Gasteiger partial charge in [-0.05, 0) is 42.9 Å². The molecule has 18 heavy (non-hydrogen) atoms. The molecule has 1 saturated carbocycles. The van der Waals surface area contributed by atoms with Crippen molar-refractivity contribution in [3.05, 3.63) is 33.8 Å². The van der Waals surface area contributed by atoms with E-state index in [9.17, 15) is 0 Å². The van der Waals surface area contributed by atoms with E-state index in [0.29, 0.717) is 12.0 Å². The molecular weight excluding hydrogens is 288 g/mol. The number of benzene rings is 1. The first-order chi connectivity index (χ1) is 8.72. The fraction of sp³-hybridized carbons (Fsp3) is 0.600. The van der Waals surface area contributed by atoms with Gasteiger partial charge in [0.1, 0.15) is 0 Å². The van der Waals surface area contributed by atoms with E-state index in [0.717, 1.165) is 0 Å². The van der Waals surface area contributed by atoms with Gasteiger partial charge in [-0.2, -0.15) is 0 Å². The summed E-state index contributed by atoms with van der Waals surface area (Å²) < 4.78 is 1.17. The lowest BCUT2D eigenvalue weighted by molar-refractivity contribution is 0.329. The van der Waals surface area contributed by atoms with Crippen LogP contribution in [0.3, 0.4) is 0 Å². The lowest BCUT2D eigenvalue weighted by Crippen LogP contribution is -2.33. The van der Waals surface area contributed by atoms with E-state index in [2.05, 4.69) is 46.5 Å². The first kappa shape index (κ1) is 14.0. The largest absolute Gasteiger partial charge is 0.271 e. The molecular formula is C15H23BrN2. The van der Waals surface area contributed by atoms with Gasteiger partial charge < -0.3 is 0 Å². The maximum Gasteiger partial charge on any atom is 0.0488 e. The number of halogens is 1. The monoisotopic (exact) mass is 310 g/mol. The highest BCUT2D eigenvalue weighted by Crippen LogP contribution is 2.34. The molecule has 1 aliphatic carbocycles. The molecule has 1 aromatic carbocycles. The molecule has 1 atom stereocenters. The van der Waals surface area contributed by atoms with Crippen LogP contribution in [0.1, 0.15) is 55.7 Å². The fourth-order valence-electron chi connectivity index (χ4n) is 3.01. The highest BCUT2D eigenvalue weighted by molar-refractivity contribution is 9.10. The molecule has 2 nitrogen and oxygen atoms in total. The summed E-state index contributed by atoms with van der Waals surface area (Å²) in [5, 5.41) is 0. The predicted octanol–water partition coefficient (Wildman–Crippen LogP) is 4.23. The van der Waals surface area contributed by atoms with Crippen molar-refractivity contribution in [3.63, 3.8) is 0 Å². The Labute approximate surface area is 118 Å². The zero-order valence-corrected chi connectivity index (χ0v) is 12.7. The quantitative estimate of drug-likeness (QED) is 0.498. The number of aryl methyl sites for hydroxylation is 1. The molecule has 0 heterocycles. The highest BCUT2D eigenvalue weighted by Gasteiger charge is 2.23. The van der Waals surface area contributed by atoms with Gasteiger partial charge in [-0.1, -0.05) is 53.7 Å². The molecule has 0 bridgehead atoms. The zero-order chi connectivity index (χ0) is 13.0. The average molecular weight is 311 g/mol. The molecule has 0 aliphatic heterocycles. The van der Waals surface area contributed by atoms with E-state index in [1.807, 2.05) is 0 Å². The van der Waals surface area contributed by atoms with Crippen LogP contribution >= 0.6 is 15.9 Å². The molecule has 0 radical (unpaired) electrons. The van der Waals surface area contributed by atoms with Gasteiger partial charge in [0.25, 0.3) is 0 Å². The van der Waals surface area contributed by atoms with Crippen molar-refractivity contribution in [3.8, 4) is 0 Å². The second-order valence-corrected chi connectivity index (χ2v) is 6.26. The van der Waals surface area contributed by atoms with Crippen molar-refractivity contribution in [2.24, 2.45) is 11.8 Å². The molecule has 3 N–H and O–H groups in total. The normalized spacial score (nSPS) is 19.5. The van der Waals surface area contributed by atoms with Gasteiger partial charge in [0.15, 0.2) is 0 Å². The van der Waals surface area contributed by atoms with Crippen LogP contribution in [0, 0.1) is 12.8 Å². The third-order valence-electron chi connectivity index (χ3n) is 4.09. The fourth-order valence-corrected chi connectivity index (χ4v) is 3.26. The van der Waals surface area contributed by atoms with Gasteiger partial charge in [-0.25, -0.2) is 0 Å². The lowest BCUT2D eigenvalue weighted by atomic mass is 9.87. The van der Waals surface area contributed by atoms with Crippen LogP contribution in [0.25, 0.3) is 0 Å². The van der Waals surface area contributed by atoms with Crippen molar-refractivity contribution < 1.29 is 0 Å². The summed E-state index contributed by atoms with van der Waals surface area (Å²) in [5.74, 6) is 6.49. The van der Waals surface area contributed by atoms with E-state index < -0.39 is 0 Å². The minimum atomic E-state index is 0.301. The molecule has 0 saturated heterocycles. The Kier molecular flexibility index (Phi) is 5.22. The Balaban J connectivity index is 2.17. The maximum atomic E-state index is 5.81. The van der Waals surface area contributed by atoms with Crippen LogP contribution in [-0.2, 0) is 0 Å². The smallest absolute Gasteiger partial charge is 0.0488 e. The molecule has 0 aromatic heterocycles. The second kappa shape index (κ2) is 6.69. The van der Waals surface area contributed by atoms with Gasteiger partial charge in [-0.3, -0.25) is 11.3 Å². The minimum absolute atomic E-state index is 0.301. The topological polar surface area (TPSA) is 38.0 Å². The third-order valence-corrected chi connectivity index (χ3v) is 4.98. The molecule has 1 unspecified atom stereocenters. The summed E-state index contributed by atoms with van der Waals surface area (Å²) >= 11 is 3.56. The summed E-state index contributed by atoms with van der Waals surface area (Å²) in [6.45, 7) is 2.13. The SMILES string of the molecule is Cc1cc(C(NN)C2CCCCCC2)ccc1Br. The van der Waals surface area contributed by atoms with Gasteiger partial charge >= 0.3 is 0 Å². The molecule has 100 valence electrons. The van der Waals surface area contributed by atoms with Crippen LogP contribution in [-0.4, -0.2) is 0 Å². The third kappa shape index (κ3) is 3.34. The summed E-state index contributed by atoms with van der Waals surface area (Å²) in [5.41, 5.74) is 5.65. The second-order valence-electron chi connectivity index (χ2n) is 5.40. The van der Waals surface area contributed by atoms with Gasteiger partial charge in [-0.15, -0.1) is 0 Å². The van der Waals surface area contributed by atoms with Crippen molar-refractivity contribution in [2.45, 2.75) is 51.5 Å². The van der Waals surface area contributed by atoms with Gasteiger partial charge in [0.05, 0.1) is 0 Å². The van der Waals surface area contributed by atoms with E-state index in [-0.39, 0.29) is 0 Å². The standard InChI is InChI=1S/C15H23BrN2/c1-11-10-13(8-9-14(11)16)15(18-17)12-6-4-2-3-5-7-12/h8-10,12,15,18H,2-7,17H2,1H3.